The number of pyridine rings is 1. The van der Waals surface area contributed by atoms with E-state index >= 15 is 0 Å². The summed E-state index contributed by atoms with van der Waals surface area (Å²) in [6, 6.07) is 9.71. The van der Waals surface area contributed by atoms with E-state index in [1.54, 1.807) is 6.20 Å². The number of hydrogen-bond donors (Lipinski definition) is 1. The Kier molecular flexibility index (Phi) is 4.44. The van der Waals surface area contributed by atoms with Crippen LogP contribution >= 0.6 is 15.9 Å². The lowest BCUT2D eigenvalue weighted by molar-refractivity contribution is 0.572. The summed E-state index contributed by atoms with van der Waals surface area (Å²) < 4.78 is 14.2. The summed E-state index contributed by atoms with van der Waals surface area (Å²) in [6.07, 6.45) is 3.72. The predicted octanol–water partition coefficient (Wildman–Crippen LogP) is 3.49. The molecule has 94 valence electrons. The number of nitrogens with one attached hydrogen (secondary N) is 1. The highest BCUT2D eigenvalue weighted by molar-refractivity contribution is 9.10. The molecular formula is C14H14BrFN2. The van der Waals surface area contributed by atoms with Gasteiger partial charge in [-0.1, -0.05) is 28.1 Å². The van der Waals surface area contributed by atoms with E-state index in [0.717, 1.165) is 16.5 Å². The van der Waals surface area contributed by atoms with Gasteiger partial charge in [-0.15, -0.1) is 0 Å². The first-order valence-corrected chi connectivity index (χ1v) is 6.50. The number of benzene rings is 1. The van der Waals surface area contributed by atoms with Crippen LogP contribution in [0.2, 0.25) is 0 Å². The van der Waals surface area contributed by atoms with E-state index in [9.17, 15) is 4.39 Å². The average Bonchev–Trinajstić information content (AvgIpc) is 2.38. The van der Waals surface area contributed by atoms with Crippen molar-refractivity contribution in [1.29, 1.82) is 0 Å². The molecule has 1 N–H and O–H groups in total. The highest BCUT2D eigenvalue weighted by atomic mass is 79.9. The highest BCUT2D eigenvalue weighted by Crippen LogP contribution is 2.19. The van der Waals surface area contributed by atoms with Crippen LogP contribution in [0.1, 0.15) is 17.2 Å². The third-order valence-electron chi connectivity index (χ3n) is 2.83. The molecule has 2 rings (SSSR count). The zero-order chi connectivity index (χ0) is 13.0. The van der Waals surface area contributed by atoms with Gasteiger partial charge < -0.3 is 5.32 Å². The van der Waals surface area contributed by atoms with Crippen molar-refractivity contribution in [3.8, 4) is 0 Å². The molecule has 1 unspecified atom stereocenters. The molecule has 0 amide bonds. The van der Waals surface area contributed by atoms with E-state index in [1.165, 1.54) is 17.8 Å². The highest BCUT2D eigenvalue weighted by Gasteiger charge is 2.11. The fourth-order valence-corrected chi connectivity index (χ4v) is 2.13. The fraction of sp³-hybridized carbons (Fsp3) is 0.214. The second-order valence-electron chi connectivity index (χ2n) is 4.11. The van der Waals surface area contributed by atoms with Gasteiger partial charge in [-0.05, 0) is 42.8 Å². The molecule has 0 spiro atoms. The Morgan fingerprint density at radius 2 is 2.00 bits per heavy atom. The number of halogens is 2. The number of likely N-dealkylation sites (N-methyl/N-ethyl adjacent to an activating group) is 1. The van der Waals surface area contributed by atoms with Crippen LogP contribution in [0.25, 0.3) is 0 Å². The van der Waals surface area contributed by atoms with Crippen molar-refractivity contribution < 1.29 is 4.39 Å². The van der Waals surface area contributed by atoms with Crippen molar-refractivity contribution in [2.45, 2.75) is 12.5 Å². The molecule has 1 aromatic heterocycles. The van der Waals surface area contributed by atoms with Crippen molar-refractivity contribution in [3.05, 3.63) is 64.1 Å². The molecule has 0 aliphatic carbocycles. The van der Waals surface area contributed by atoms with Crippen LogP contribution in [-0.4, -0.2) is 12.0 Å². The summed E-state index contributed by atoms with van der Waals surface area (Å²) in [5, 5.41) is 3.19. The molecule has 1 aromatic carbocycles. The summed E-state index contributed by atoms with van der Waals surface area (Å²) in [7, 11) is 1.87. The standard InChI is InChI=1S/C14H14BrFN2/c1-17-14(11-7-13(16)9-18-8-11)6-10-2-4-12(15)5-3-10/h2-5,7-9,14,17H,6H2,1H3. The SMILES string of the molecule is CNC(Cc1ccc(Br)cc1)c1cncc(F)c1. The second kappa shape index (κ2) is 6.07. The average molecular weight is 309 g/mol. The Balaban J connectivity index is 2.17. The smallest absolute Gasteiger partial charge is 0.141 e. The minimum Gasteiger partial charge on any atom is -0.313 e. The Labute approximate surface area is 114 Å². The third kappa shape index (κ3) is 3.37. The zero-order valence-corrected chi connectivity index (χ0v) is 11.6. The number of hydrogen-bond acceptors (Lipinski definition) is 2. The lowest BCUT2D eigenvalue weighted by Crippen LogP contribution is -2.19. The molecule has 2 nitrogen and oxygen atoms in total. The van der Waals surface area contributed by atoms with Crippen LogP contribution in [-0.2, 0) is 6.42 Å². The molecule has 2 aromatic rings. The van der Waals surface area contributed by atoms with Crippen LogP contribution in [0.15, 0.2) is 47.2 Å². The predicted molar refractivity (Wildman–Crippen MR) is 73.8 cm³/mol. The molecule has 0 aliphatic heterocycles. The number of nitrogens with zero attached hydrogens (tertiary/aromatic N) is 1. The van der Waals surface area contributed by atoms with Crippen molar-refractivity contribution >= 4 is 15.9 Å². The van der Waals surface area contributed by atoms with Crippen LogP contribution in [0, 0.1) is 5.82 Å². The van der Waals surface area contributed by atoms with Crippen LogP contribution in [0.3, 0.4) is 0 Å². The molecule has 0 fully saturated rings. The molecule has 0 radical (unpaired) electrons. The van der Waals surface area contributed by atoms with E-state index in [0.29, 0.717) is 0 Å². The lowest BCUT2D eigenvalue weighted by atomic mass is 10.0. The first-order valence-electron chi connectivity index (χ1n) is 5.71. The van der Waals surface area contributed by atoms with Gasteiger partial charge in [0, 0.05) is 16.7 Å². The minimum atomic E-state index is -0.302. The van der Waals surface area contributed by atoms with Gasteiger partial charge in [-0.3, -0.25) is 4.98 Å². The van der Waals surface area contributed by atoms with Gasteiger partial charge in [0.2, 0.25) is 0 Å². The van der Waals surface area contributed by atoms with Gasteiger partial charge in [0.1, 0.15) is 5.82 Å². The molecule has 0 bridgehead atoms. The molecule has 0 aliphatic rings. The Hall–Kier alpha value is -1.26. The summed E-state index contributed by atoms with van der Waals surface area (Å²) in [4.78, 5) is 3.89. The van der Waals surface area contributed by atoms with Crippen molar-refractivity contribution in [3.63, 3.8) is 0 Å². The molecular weight excluding hydrogens is 295 g/mol. The molecule has 1 heterocycles. The molecule has 18 heavy (non-hydrogen) atoms. The summed E-state index contributed by atoms with van der Waals surface area (Å²) in [5.74, 6) is -0.302. The quantitative estimate of drug-likeness (QED) is 0.935. The van der Waals surface area contributed by atoms with E-state index < -0.39 is 0 Å². The largest absolute Gasteiger partial charge is 0.313 e. The molecule has 0 saturated heterocycles. The van der Waals surface area contributed by atoms with Gasteiger partial charge >= 0.3 is 0 Å². The number of aromatic nitrogens is 1. The van der Waals surface area contributed by atoms with Gasteiger partial charge in [-0.25, -0.2) is 4.39 Å². The summed E-state index contributed by atoms with van der Waals surface area (Å²) in [5.41, 5.74) is 2.06. The van der Waals surface area contributed by atoms with Crippen molar-refractivity contribution in [2.24, 2.45) is 0 Å². The van der Waals surface area contributed by atoms with Crippen LogP contribution in [0.5, 0.6) is 0 Å². The van der Waals surface area contributed by atoms with E-state index in [4.69, 9.17) is 0 Å². The van der Waals surface area contributed by atoms with Crippen LogP contribution in [0.4, 0.5) is 4.39 Å². The third-order valence-corrected chi connectivity index (χ3v) is 3.36. The van der Waals surface area contributed by atoms with E-state index in [-0.39, 0.29) is 11.9 Å². The van der Waals surface area contributed by atoms with Gasteiger partial charge in [0.05, 0.1) is 6.20 Å². The van der Waals surface area contributed by atoms with Crippen molar-refractivity contribution in [2.75, 3.05) is 7.05 Å². The van der Waals surface area contributed by atoms with Crippen molar-refractivity contribution in [1.82, 2.24) is 10.3 Å². The maximum atomic E-state index is 13.2. The van der Waals surface area contributed by atoms with E-state index in [1.807, 2.05) is 19.2 Å². The number of rotatable bonds is 4. The monoisotopic (exact) mass is 308 g/mol. The summed E-state index contributed by atoms with van der Waals surface area (Å²) >= 11 is 3.41. The molecule has 0 saturated carbocycles. The van der Waals surface area contributed by atoms with Crippen LogP contribution < -0.4 is 5.32 Å². The zero-order valence-electron chi connectivity index (χ0n) is 10.0. The normalized spacial score (nSPS) is 12.4. The Morgan fingerprint density at radius 3 is 2.61 bits per heavy atom. The topological polar surface area (TPSA) is 24.9 Å². The molecule has 1 atom stereocenters. The second-order valence-corrected chi connectivity index (χ2v) is 5.02. The first kappa shape index (κ1) is 13.2. The maximum Gasteiger partial charge on any atom is 0.141 e. The molecule has 4 heteroatoms. The summed E-state index contributed by atoms with van der Waals surface area (Å²) in [6.45, 7) is 0. The Bertz CT molecular complexity index is 513. The van der Waals surface area contributed by atoms with Gasteiger partial charge in [0.15, 0.2) is 0 Å². The van der Waals surface area contributed by atoms with Gasteiger partial charge in [0.25, 0.3) is 0 Å². The Morgan fingerprint density at radius 1 is 1.28 bits per heavy atom. The van der Waals surface area contributed by atoms with Gasteiger partial charge in [-0.2, -0.15) is 0 Å². The lowest BCUT2D eigenvalue weighted by Gasteiger charge is -2.16. The first-order chi connectivity index (χ1) is 8.69. The van der Waals surface area contributed by atoms with E-state index in [2.05, 4.69) is 38.4 Å². The minimum absolute atomic E-state index is 0.0642. The maximum absolute atomic E-state index is 13.2. The fourth-order valence-electron chi connectivity index (χ4n) is 1.86.